The van der Waals surface area contributed by atoms with Crippen molar-refractivity contribution in [3.63, 3.8) is 0 Å². The third kappa shape index (κ3) is 5.57. The molecule has 2 aliphatic heterocycles. The first-order valence-electron chi connectivity index (χ1n) is 12.2. The van der Waals surface area contributed by atoms with Crippen molar-refractivity contribution >= 4 is 46.3 Å². The zero-order valence-corrected chi connectivity index (χ0v) is 20.9. The van der Waals surface area contributed by atoms with E-state index in [1.165, 1.54) is 11.4 Å². The normalized spacial score (nSPS) is 16.3. The third-order valence-electron chi connectivity index (χ3n) is 6.60. The van der Waals surface area contributed by atoms with Gasteiger partial charge in [-0.3, -0.25) is 0 Å². The molecule has 0 unspecified atom stereocenters. The molecular formula is C26H32N8S. The van der Waals surface area contributed by atoms with E-state index in [2.05, 4.69) is 97.0 Å². The Bertz CT molecular complexity index is 1030. The minimum absolute atomic E-state index is 0.510. The van der Waals surface area contributed by atoms with Gasteiger partial charge in [0.1, 0.15) is 11.6 Å². The summed E-state index contributed by atoms with van der Waals surface area (Å²) in [4.78, 5) is 19.2. The highest BCUT2D eigenvalue weighted by molar-refractivity contribution is 7.80. The highest BCUT2D eigenvalue weighted by Crippen LogP contribution is 2.26. The van der Waals surface area contributed by atoms with E-state index >= 15 is 0 Å². The monoisotopic (exact) mass is 488 g/mol. The molecule has 0 bridgehead atoms. The zero-order chi connectivity index (χ0) is 24.0. The Morgan fingerprint density at radius 2 is 1.06 bits per heavy atom. The van der Waals surface area contributed by atoms with Crippen molar-refractivity contribution in [2.24, 2.45) is 0 Å². The fourth-order valence-corrected chi connectivity index (χ4v) is 4.72. The van der Waals surface area contributed by atoms with Crippen molar-refractivity contribution in [2.75, 3.05) is 84.3 Å². The molecule has 2 aromatic carbocycles. The van der Waals surface area contributed by atoms with Gasteiger partial charge in [-0.2, -0.15) is 9.97 Å². The number of hydrogen-bond donors (Lipinski definition) is 2. The van der Waals surface area contributed by atoms with Gasteiger partial charge in [0.2, 0.25) is 5.95 Å². The van der Waals surface area contributed by atoms with Gasteiger partial charge < -0.3 is 30.2 Å². The second kappa shape index (κ2) is 10.8. The van der Waals surface area contributed by atoms with Crippen LogP contribution in [0.1, 0.15) is 0 Å². The largest absolute Gasteiger partial charge is 0.368 e. The minimum Gasteiger partial charge on any atom is -0.368 e. The average molecular weight is 489 g/mol. The third-order valence-corrected chi connectivity index (χ3v) is 6.91. The van der Waals surface area contributed by atoms with Crippen LogP contribution in [-0.2, 0) is 0 Å². The van der Waals surface area contributed by atoms with Gasteiger partial charge in [-0.25, -0.2) is 0 Å². The maximum Gasteiger partial charge on any atom is 0.232 e. The number of aromatic nitrogens is 2. The number of rotatable bonds is 5. The Hall–Kier alpha value is -3.59. The van der Waals surface area contributed by atoms with Crippen molar-refractivity contribution in [3.05, 3.63) is 66.7 Å². The molecule has 9 heteroatoms. The molecule has 3 heterocycles. The average Bonchev–Trinajstić information content (AvgIpc) is 2.94. The molecule has 5 rings (SSSR count). The van der Waals surface area contributed by atoms with Crippen molar-refractivity contribution in [1.82, 2.24) is 15.3 Å². The van der Waals surface area contributed by atoms with Crippen LogP contribution in [0.4, 0.5) is 29.0 Å². The Morgan fingerprint density at radius 1 is 0.657 bits per heavy atom. The first-order chi connectivity index (χ1) is 17.2. The van der Waals surface area contributed by atoms with Crippen LogP contribution in [0.15, 0.2) is 66.7 Å². The van der Waals surface area contributed by atoms with Gasteiger partial charge in [0, 0.05) is 76.8 Å². The minimum atomic E-state index is 0.510. The molecule has 8 nitrogen and oxygen atoms in total. The lowest BCUT2D eigenvalue weighted by atomic mass is 10.2. The number of piperazine rings is 2. The van der Waals surface area contributed by atoms with E-state index in [4.69, 9.17) is 22.2 Å². The molecular weight excluding hydrogens is 456 g/mol. The molecule has 2 aliphatic rings. The topological polar surface area (TPSA) is 62.8 Å². The number of thiocarbonyl (C=S) groups is 1. The first kappa shape index (κ1) is 23.2. The summed E-state index contributed by atoms with van der Waals surface area (Å²) < 4.78 is 0. The lowest BCUT2D eigenvalue weighted by molar-refractivity contribution is 0.639. The van der Waals surface area contributed by atoms with Crippen LogP contribution in [-0.4, -0.2) is 74.5 Å². The van der Waals surface area contributed by atoms with Crippen molar-refractivity contribution < 1.29 is 0 Å². The summed E-state index contributed by atoms with van der Waals surface area (Å²) in [7, 11) is 1.80. The zero-order valence-electron chi connectivity index (χ0n) is 20.1. The number of anilines is 5. The van der Waals surface area contributed by atoms with Crippen molar-refractivity contribution in [2.45, 2.75) is 0 Å². The summed E-state index contributed by atoms with van der Waals surface area (Å²) in [5, 5.41) is 6.61. The summed E-state index contributed by atoms with van der Waals surface area (Å²) in [6.45, 7) is 7.44. The Kier molecular flexibility index (Phi) is 7.13. The highest BCUT2D eigenvalue weighted by Gasteiger charge is 2.23. The van der Waals surface area contributed by atoms with Gasteiger partial charge in [-0.05, 0) is 36.5 Å². The van der Waals surface area contributed by atoms with Crippen LogP contribution in [0.5, 0.6) is 0 Å². The summed E-state index contributed by atoms with van der Waals surface area (Å²) in [6.07, 6.45) is 0. The summed E-state index contributed by atoms with van der Waals surface area (Å²) in [6, 6.07) is 23.3. The van der Waals surface area contributed by atoms with Gasteiger partial charge in [0.25, 0.3) is 0 Å². The predicted molar refractivity (Wildman–Crippen MR) is 149 cm³/mol. The predicted octanol–water partition coefficient (Wildman–Crippen LogP) is 3.05. The van der Waals surface area contributed by atoms with Crippen molar-refractivity contribution in [3.8, 4) is 0 Å². The molecule has 0 spiro atoms. The second-order valence-corrected chi connectivity index (χ2v) is 9.14. The number of hydrogen-bond acceptors (Lipinski definition) is 7. The van der Waals surface area contributed by atoms with E-state index in [1.807, 2.05) is 0 Å². The fraction of sp³-hybridized carbons (Fsp3) is 0.346. The fourth-order valence-electron chi connectivity index (χ4n) is 4.63. The highest BCUT2D eigenvalue weighted by atomic mass is 32.1. The van der Waals surface area contributed by atoms with Crippen LogP contribution in [0.3, 0.4) is 0 Å². The van der Waals surface area contributed by atoms with E-state index in [9.17, 15) is 0 Å². The second-order valence-electron chi connectivity index (χ2n) is 8.73. The van der Waals surface area contributed by atoms with Gasteiger partial charge >= 0.3 is 0 Å². The van der Waals surface area contributed by atoms with E-state index in [1.54, 1.807) is 7.05 Å². The maximum absolute atomic E-state index is 5.33. The molecule has 0 atom stereocenters. The van der Waals surface area contributed by atoms with Gasteiger partial charge in [-0.15, -0.1) is 0 Å². The van der Waals surface area contributed by atoms with Gasteiger partial charge in [0.15, 0.2) is 5.11 Å². The smallest absolute Gasteiger partial charge is 0.232 e. The summed E-state index contributed by atoms with van der Waals surface area (Å²) in [5.74, 6) is 2.41. The van der Waals surface area contributed by atoms with Crippen LogP contribution >= 0.6 is 12.2 Å². The first-order valence-corrected chi connectivity index (χ1v) is 12.6. The molecule has 3 aromatic rings. The Morgan fingerprint density at radius 3 is 1.46 bits per heavy atom. The number of nitrogens with zero attached hydrogens (tertiary/aromatic N) is 6. The van der Waals surface area contributed by atoms with Crippen molar-refractivity contribution in [1.29, 1.82) is 0 Å². The Labute approximate surface area is 212 Å². The quantitative estimate of drug-likeness (QED) is 0.528. The molecule has 0 radical (unpaired) electrons. The molecule has 1 aromatic heterocycles. The lowest BCUT2D eigenvalue weighted by Crippen LogP contribution is -2.48. The van der Waals surface area contributed by atoms with Crippen LogP contribution in [0.2, 0.25) is 0 Å². The lowest BCUT2D eigenvalue weighted by Gasteiger charge is -2.38. The molecule has 2 saturated heterocycles. The molecule has 2 N–H and O–H groups in total. The van der Waals surface area contributed by atoms with E-state index in [-0.39, 0.29) is 0 Å². The Balaban J connectivity index is 1.31. The molecule has 2 fully saturated rings. The molecule has 0 aliphatic carbocycles. The van der Waals surface area contributed by atoms with Crippen LogP contribution in [0.25, 0.3) is 0 Å². The number of nitrogens with one attached hydrogen (secondary N) is 2. The number of para-hydroxylation sites is 2. The molecule has 0 saturated carbocycles. The summed E-state index contributed by atoms with van der Waals surface area (Å²) >= 11 is 5.33. The standard InChI is InChI=1S/C26H32N8S/c1-27-26(35)30-25-28-23(33-16-12-31(13-17-33)21-8-4-2-5-9-21)20-24(29-25)34-18-14-32(15-19-34)22-10-6-3-7-11-22/h2-11,20H,12-19H2,1H3,(H2,27,28,29,30,35). The van der Waals surface area contributed by atoms with E-state index in [0.29, 0.717) is 11.1 Å². The molecule has 35 heavy (non-hydrogen) atoms. The van der Waals surface area contributed by atoms with Crippen LogP contribution < -0.4 is 30.2 Å². The van der Waals surface area contributed by atoms with E-state index in [0.717, 1.165) is 64.0 Å². The van der Waals surface area contributed by atoms with Gasteiger partial charge in [0.05, 0.1) is 0 Å². The maximum atomic E-state index is 5.33. The van der Waals surface area contributed by atoms with Crippen LogP contribution in [0, 0.1) is 0 Å². The molecule has 0 amide bonds. The van der Waals surface area contributed by atoms with Gasteiger partial charge in [-0.1, -0.05) is 36.4 Å². The molecule has 182 valence electrons. The number of benzene rings is 2. The summed E-state index contributed by atoms with van der Waals surface area (Å²) in [5.41, 5.74) is 2.54. The SMILES string of the molecule is CNC(=S)Nc1nc(N2CCN(c3ccccc3)CC2)cc(N2CCN(c3ccccc3)CC2)n1. The van der Waals surface area contributed by atoms with E-state index < -0.39 is 0 Å².